The van der Waals surface area contributed by atoms with Crippen LogP contribution in [0.2, 0.25) is 0 Å². The number of benzene rings is 1. The van der Waals surface area contributed by atoms with Crippen molar-refractivity contribution in [3.05, 3.63) is 35.4 Å². The lowest BCUT2D eigenvalue weighted by Gasteiger charge is -2.37. The van der Waals surface area contributed by atoms with Crippen LogP contribution in [0.15, 0.2) is 24.3 Å². The van der Waals surface area contributed by atoms with Crippen LogP contribution in [0.25, 0.3) is 0 Å². The summed E-state index contributed by atoms with van der Waals surface area (Å²) in [5, 5.41) is 18.8. The van der Waals surface area contributed by atoms with E-state index in [-0.39, 0.29) is 5.41 Å². The lowest BCUT2D eigenvalue weighted by atomic mass is 9.74. The van der Waals surface area contributed by atoms with E-state index in [4.69, 9.17) is 5.11 Å². The summed E-state index contributed by atoms with van der Waals surface area (Å²) in [7, 11) is 0. The van der Waals surface area contributed by atoms with Crippen molar-refractivity contribution < 1.29 is 19.8 Å². The van der Waals surface area contributed by atoms with E-state index in [9.17, 15) is 14.7 Å². The number of likely N-dealkylation sites (tertiary alicyclic amines) is 1. The number of carboxylic acid groups (broad SMARTS) is 2. The number of aryl methyl sites for hydroxylation is 1. The fourth-order valence-corrected chi connectivity index (χ4v) is 3.55. The number of aliphatic carboxylic acids is 1. The van der Waals surface area contributed by atoms with E-state index >= 15 is 0 Å². The lowest BCUT2D eigenvalue weighted by molar-refractivity contribution is -0.152. The summed E-state index contributed by atoms with van der Waals surface area (Å²) < 4.78 is 0. The van der Waals surface area contributed by atoms with E-state index in [1.807, 2.05) is 0 Å². The highest BCUT2D eigenvalue weighted by Crippen LogP contribution is 2.37. The molecule has 1 aromatic carbocycles. The second-order valence-electron chi connectivity index (χ2n) is 8.68. The van der Waals surface area contributed by atoms with Gasteiger partial charge in [0, 0.05) is 13.1 Å². The predicted molar refractivity (Wildman–Crippen MR) is 102 cm³/mol. The minimum atomic E-state index is -0.965. The maximum Gasteiger partial charge on any atom is 0.407 e. The molecule has 1 unspecified atom stereocenters. The van der Waals surface area contributed by atoms with Gasteiger partial charge in [-0.1, -0.05) is 52.0 Å². The number of carbonyl (C=O) groups is 2. The van der Waals surface area contributed by atoms with Crippen LogP contribution in [0, 0.1) is 10.8 Å². The molecule has 0 aromatic heterocycles. The Balaban J connectivity index is 2.02. The average molecular weight is 361 g/mol. The topological polar surface area (TPSA) is 77.8 Å². The van der Waals surface area contributed by atoms with Gasteiger partial charge in [0.1, 0.15) is 0 Å². The van der Waals surface area contributed by atoms with Crippen molar-refractivity contribution >= 4 is 12.1 Å². The molecule has 1 saturated heterocycles. The summed E-state index contributed by atoms with van der Waals surface area (Å²) in [4.78, 5) is 24.2. The Morgan fingerprint density at radius 3 is 2.08 bits per heavy atom. The molecule has 1 aliphatic heterocycles. The molecule has 1 atom stereocenters. The first-order valence-corrected chi connectivity index (χ1v) is 9.35. The largest absolute Gasteiger partial charge is 0.481 e. The number of carboxylic acids is 1. The summed E-state index contributed by atoms with van der Waals surface area (Å²) in [6, 6.07) is 8.48. The van der Waals surface area contributed by atoms with Crippen molar-refractivity contribution in [3.63, 3.8) is 0 Å². The minimum Gasteiger partial charge on any atom is -0.481 e. The maximum atomic E-state index is 11.9. The van der Waals surface area contributed by atoms with Crippen LogP contribution in [0.4, 0.5) is 4.79 Å². The van der Waals surface area contributed by atoms with Gasteiger partial charge in [-0.15, -0.1) is 0 Å². The number of nitrogens with zero attached hydrogens (tertiary/aromatic N) is 1. The van der Waals surface area contributed by atoms with Crippen molar-refractivity contribution in [3.8, 4) is 0 Å². The molecule has 1 amide bonds. The van der Waals surface area contributed by atoms with Crippen LogP contribution >= 0.6 is 0 Å². The fraction of sp³-hybridized carbons (Fsp3) is 0.619. The first-order chi connectivity index (χ1) is 12.0. The molecule has 0 saturated carbocycles. The number of hydrogen-bond acceptors (Lipinski definition) is 2. The van der Waals surface area contributed by atoms with E-state index in [0.29, 0.717) is 44.7 Å². The fourth-order valence-electron chi connectivity index (χ4n) is 3.55. The maximum absolute atomic E-state index is 11.9. The number of piperidine rings is 1. The molecular formula is C21H31NO4. The van der Waals surface area contributed by atoms with Gasteiger partial charge in [0.2, 0.25) is 0 Å². The number of hydrogen-bond donors (Lipinski definition) is 2. The normalized spacial score (nSPS) is 18.4. The molecule has 5 heteroatoms. The second-order valence-corrected chi connectivity index (χ2v) is 8.68. The second kappa shape index (κ2) is 7.68. The Kier molecular flexibility index (Phi) is 5.99. The molecule has 1 aliphatic rings. The zero-order valence-corrected chi connectivity index (χ0v) is 16.3. The van der Waals surface area contributed by atoms with Gasteiger partial charge in [-0.25, -0.2) is 4.79 Å². The molecule has 0 spiro atoms. The molecule has 1 aromatic rings. The first-order valence-electron chi connectivity index (χ1n) is 9.35. The summed E-state index contributed by atoms with van der Waals surface area (Å²) >= 11 is 0. The van der Waals surface area contributed by atoms with Gasteiger partial charge in [-0.05, 0) is 48.1 Å². The molecule has 144 valence electrons. The van der Waals surface area contributed by atoms with Crippen LogP contribution < -0.4 is 0 Å². The molecule has 0 bridgehead atoms. The monoisotopic (exact) mass is 361 g/mol. The van der Waals surface area contributed by atoms with Crippen molar-refractivity contribution in [2.45, 2.75) is 59.3 Å². The van der Waals surface area contributed by atoms with Gasteiger partial charge in [0.25, 0.3) is 0 Å². The van der Waals surface area contributed by atoms with Gasteiger partial charge in [0.05, 0.1) is 5.41 Å². The van der Waals surface area contributed by atoms with Gasteiger partial charge < -0.3 is 15.1 Å². The molecule has 1 heterocycles. The Morgan fingerprint density at radius 1 is 1.12 bits per heavy atom. The summed E-state index contributed by atoms with van der Waals surface area (Å²) in [5.74, 6) is -0.359. The highest BCUT2D eigenvalue weighted by Gasteiger charge is 2.42. The van der Waals surface area contributed by atoms with Crippen molar-refractivity contribution in [1.29, 1.82) is 0 Å². The molecule has 2 N–H and O–H groups in total. The van der Waals surface area contributed by atoms with Gasteiger partial charge >= 0.3 is 12.1 Å². The van der Waals surface area contributed by atoms with E-state index in [1.54, 1.807) is 0 Å². The molecule has 26 heavy (non-hydrogen) atoms. The SMILES string of the molecule is CC(c1ccc(CCC2(C(=O)O)CCN(C(=O)O)CC2)cc1)C(C)(C)C. The van der Waals surface area contributed by atoms with Crippen molar-refractivity contribution in [1.82, 2.24) is 4.90 Å². The minimum absolute atomic E-state index is 0.201. The summed E-state index contributed by atoms with van der Waals surface area (Å²) in [6.45, 7) is 9.50. The van der Waals surface area contributed by atoms with Crippen molar-refractivity contribution in [2.24, 2.45) is 10.8 Å². The highest BCUT2D eigenvalue weighted by atomic mass is 16.4. The number of rotatable bonds is 5. The molecule has 1 fully saturated rings. The van der Waals surface area contributed by atoms with Crippen LogP contribution in [0.5, 0.6) is 0 Å². The number of amides is 1. The van der Waals surface area contributed by atoms with Gasteiger partial charge in [-0.3, -0.25) is 4.79 Å². The standard InChI is InChI=1S/C21H31NO4/c1-15(20(2,3)4)17-7-5-16(6-8-17)9-10-21(18(23)24)11-13-22(14-12-21)19(25)26/h5-8,15H,9-14H2,1-4H3,(H,23,24)(H,25,26). The summed E-state index contributed by atoms with van der Waals surface area (Å²) in [5.41, 5.74) is 1.82. The van der Waals surface area contributed by atoms with Crippen molar-refractivity contribution in [2.75, 3.05) is 13.1 Å². The van der Waals surface area contributed by atoms with Crippen LogP contribution in [-0.4, -0.2) is 40.3 Å². The van der Waals surface area contributed by atoms with Gasteiger partial charge in [-0.2, -0.15) is 0 Å². The third kappa shape index (κ3) is 4.57. The van der Waals surface area contributed by atoms with E-state index in [2.05, 4.69) is 52.0 Å². The highest BCUT2D eigenvalue weighted by molar-refractivity contribution is 5.75. The van der Waals surface area contributed by atoms with Gasteiger partial charge in [0.15, 0.2) is 0 Å². The average Bonchev–Trinajstić information content (AvgIpc) is 2.59. The quantitative estimate of drug-likeness (QED) is 0.802. The Labute approximate surface area is 156 Å². The zero-order chi connectivity index (χ0) is 19.5. The lowest BCUT2D eigenvalue weighted by Crippen LogP contribution is -2.46. The summed E-state index contributed by atoms with van der Waals surface area (Å²) in [6.07, 6.45) is 1.04. The molecule has 0 aliphatic carbocycles. The molecular weight excluding hydrogens is 330 g/mol. The predicted octanol–water partition coefficient (Wildman–Crippen LogP) is 4.61. The van der Waals surface area contributed by atoms with E-state index in [0.717, 1.165) is 5.56 Å². The Morgan fingerprint density at radius 2 is 1.65 bits per heavy atom. The zero-order valence-electron chi connectivity index (χ0n) is 16.3. The van der Waals surface area contributed by atoms with Crippen LogP contribution in [0.1, 0.15) is 64.0 Å². The Bertz CT molecular complexity index is 637. The third-order valence-electron chi connectivity index (χ3n) is 6.12. The smallest absolute Gasteiger partial charge is 0.407 e. The molecule has 0 radical (unpaired) electrons. The van der Waals surface area contributed by atoms with Crippen LogP contribution in [-0.2, 0) is 11.2 Å². The third-order valence-corrected chi connectivity index (χ3v) is 6.12. The first kappa shape index (κ1) is 20.3. The van der Waals surface area contributed by atoms with E-state index in [1.165, 1.54) is 10.5 Å². The van der Waals surface area contributed by atoms with E-state index < -0.39 is 17.5 Å². The Hall–Kier alpha value is -2.04. The van der Waals surface area contributed by atoms with Crippen LogP contribution in [0.3, 0.4) is 0 Å². The molecule has 5 nitrogen and oxygen atoms in total. The molecule has 2 rings (SSSR count).